The van der Waals surface area contributed by atoms with Gasteiger partial charge < -0.3 is 10.4 Å². The zero-order valence-corrected chi connectivity index (χ0v) is 14.6. The minimum atomic E-state index is -0.0758. The van der Waals surface area contributed by atoms with Crippen LogP contribution in [-0.2, 0) is 12.8 Å². The molecule has 1 heterocycles. The summed E-state index contributed by atoms with van der Waals surface area (Å²) in [4.78, 5) is 14.7. The number of aromatic hydroxyl groups is 1. The second kappa shape index (κ2) is 6.75. The number of hydrogen-bond donors (Lipinski definition) is 2. The predicted molar refractivity (Wildman–Crippen MR) is 95.7 cm³/mol. The minimum Gasteiger partial charge on any atom is -0.507 e. The third-order valence-electron chi connectivity index (χ3n) is 4.60. The molecule has 1 aromatic heterocycles. The molecule has 0 aliphatic heterocycles. The quantitative estimate of drug-likeness (QED) is 0.816. The molecule has 3 nitrogen and oxygen atoms in total. The third kappa shape index (κ3) is 3.42. The number of benzene rings is 1. The van der Waals surface area contributed by atoms with E-state index < -0.39 is 0 Å². The van der Waals surface area contributed by atoms with E-state index in [1.807, 2.05) is 26.0 Å². The van der Waals surface area contributed by atoms with Crippen molar-refractivity contribution in [3.05, 3.63) is 44.6 Å². The number of phenolic OH excluding ortho intramolecular Hbond substituents is 1. The van der Waals surface area contributed by atoms with Gasteiger partial charge in [-0.05, 0) is 62.8 Å². The van der Waals surface area contributed by atoms with Crippen LogP contribution in [0.1, 0.15) is 56.9 Å². The van der Waals surface area contributed by atoms with Gasteiger partial charge in [-0.3, -0.25) is 4.79 Å². The summed E-state index contributed by atoms with van der Waals surface area (Å²) in [6, 6.07) is 5.74. The van der Waals surface area contributed by atoms with Gasteiger partial charge in [-0.1, -0.05) is 18.9 Å². The maximum atomic E-state index is 12.6. The van der Waals surface area contributed by atoms with Crippen molar-refractivity contribution >= 4 is 22.9 Å². The topological polar surface area (TPSA) is 49.3 Å². The van der Waals surface area contributed by atoms with Gasteiger partial charge in [0.05, 0.1) is 4.88 Å². The maximum absolute atomic E-state index is 12.6. The fourth-order valence-corrected chi connectivity index (χ4v) is 4.26. The number of rotatable bonds is 2. The molecule has 3 rings (SSSR count). The zero-order valence-electron chi connectivity index (χ0n) is 13.7. The van der Waals surface area contributed by atoms with E-state index in [0.717, 1.165) is 23.3 Å². The highest BCUT2D eigenvalue weighted by Gasteiger charge is 2.17. The van der Waals surface area contributed by atoms with Crippen LogP contribution in [0, 0.1) is 13.8 Å². The highest BCUT2D eigenvalue weighted by Crippen LogP contribution is 2.31. The van der Waals surface area contributed by atoms with Gasteiger partial charge in [-0.2, -0.15) is 0 Å². The van der Waals surface area contributed by atoms with Crippen molar-refractivity contribution in [3.8, 4) is 5.75 Å². The maximum Gasteiger partial charge on any atom is 0.265 e. The van der Waals surface area contributed by atoms with E-state index in [1.165, 1.54) is 36.1 Å². The predicted octanol–water partition coefficient (Wildman–Crippen LogP) is 4.98. The molecule has 0 saturated carbocycles. The molecule has 1 aromatic carbocycles. The van der Waals surface area contributed by atoms with Gasteiger partial charge >= 0.3 is 0 Å². The van der Waals surface area contributed by atoms with Crippen LogP contribution in [-0.4, -0.2) is 11.0 Å². The Bertz CT molecular complexity index is 708. The van der Waals surface area contributed by atoms with E-state index >= 15 is 0 Å². The fraction of sp³-hybridized carbons (Fsp3) is 0.421. The SMILES string of the molecule is Cc1ccc(NC(=O)c2cc3c(s2)CCCCCC3)c(C)c1O. The van der Waals surface area contributed by atoms with Crippen LogP contribution in [0.5, 0.6) is 5.75 Å². The van der Waals surface area contributed by atoms with Crippen molar-refractivity contribution < 1.29 is 9.90 Å². The second-order valence-corrected chi connectivity index (χ2v) is 7.47. The van der Waals surface area contributed by atoms with Gasteiger partial charge in [-0.25, -0.2) is 0 Å². The summed E-state index contributed by atoms with van der Waals surface area (Å²) in [6.07, 6.45) is 7.20. The Morgan fingerprint density at radius 3 is 2.65 bits per heavy atom. The Morgan fingerprint density at radius 2 is 1.87 bits per heavy atom. The van der Waals surface area contributed by atoms with Gasteiger partial charge in [-0.15, -0.1) is 11.3 Å². The van der Waals surface area contributed by atoms with E-state index in [-0.39, 0.29) is 11.7 Å². The molecule has 1 aliphatic rings. The van der Waals surface area contributed by atoms with E-state index in [0.29, 0.717) is 11.3 Å². The van der Waals surface area contributed by atoms with Gasteiger partial charge in [0, 0.05) is 16.1 Å². The Balaban J connectivity index is 1.81. The lowest BCUT2D eigenvalue weighted by Crippen LogP contribution is -2.11. The number of anilines is 1. The average Bonchev–Trinajstić information content (AvgIpc) is 2.90. The Kier molecular flexibility index (Phi) is 4.71. The number of thiophene rings is 1. The Morgan fingerprint density at radius 1 is 1.13 bits per heavy atom. The van der Waals surface area contributed by atoms with Crippen LogP contribution >= 0.6 is 11.3 Å². The molecule has 1 aliphatic carbocycles. The van der Waals surface area contributed by atoms with Crippen molar-refractivity contribution in [1.82, 2.24) is 0 Å². The molecule has 0 radical (unpaired) electrons. The molecule has 2 aromatic rings. The summed E-state index contributed by atoms with van der Waals surface area (Å²) >= 11 is 1.62. The van der Waals surface area contributed by atoms with Gasteiger partial charge in [0.15, 0.2) is 0 Å². The molecule has 0 atom stereocenters. The summed E-state index contributed by atoms with van der Waals surface area (Å²) in [6.45, 7) is 3.68. The normalized spacial score (nSPS) is 14.7. The first kappa shape index (κ1) is 16.1. The number of aryl methyl sites for hydroxylation is 3. The number of carbonyl (C=O) groups is 1. The number of fused-ring (bicyclic) bond motifs is 1. The average molecular weight is 329 g/mol. The lowest BCUT2D eigenvalue weighted by molar-refractivity contribution is 0.103. The van der Waals surface area contributed by atoms with Crippen LogP contribution in [0.2, 0.25) is 0 Å². The summed E-state index contributed by atoms with van der Waals surface area (Å²) in [7, 11) is 0. The van der Waals surface area contributed by atoms with Gasteiger partial charge in [0.25, 0.3) is 5.91 Å². The Labute approximate surface area is 141 Å². The van der Waals surface area contributed by atoms with Crippen molar-refractivity contribution in [3.63, 3.8) is 0 Å². The zero-order chi connectivity index (χ0) is 16.4. The van der Waals surface area contributed by atoms with Gasteiger partial charge in [0.2, 0.25) is 0 Å². The fourth-order valence-electron chi connectivity index (χ4n) is 3.11. The van der Waals surface area contributed by atoms with Crippen LogP contribution in [0.15, 0.2) is 18.2 Å². The van der Waals surface area contributed by atoms with Crippen molar-refractivity contribution in [2.45, 2.75) is 52.4 Å². The standard InChI is InChI=1S/C19H23NO2S/c1-12-9-10-15(13(2)18(12)21)20-19(22)17-11-14-7-5-3-4-6-8-16(14)23-17/h9-11,21H,3-8H2,1-2H3,(H,20,22). The molecule has 2 N–H and O–H groups in total. The lowest BCUT2D eigenvalue weighted by Gasteiger charge is -2.10. The third-order valence-corrected chi connectivity index (χ3v) is 5.84. The largest absolute Gasteiger partial charge is 0.507 e. The van der Waals surface area contributed by atoms with Gasteiger partial charge in [0.1, 0.15) is 5.75 Å². The van der Waals surface area contributed by atoms with E-state index in [9.17, 15) is 9.90 Å². The van der Waals surface area contributed by atoms with E-state index in [1.54, 1.807) is 11.3 Å². The summed E-state index contributed by atoms with van der Waals surface area (Å²) in [5, 5.41) is 13.0. The first-order chi connectivity index (χ1) is 11.1. The number of nitrogens with one attached hydrogen (secondary N) is 1. The summed E-state index contributed by atoms with van der Waals surface area (Å²) in [5.74, 6) is 0.175. The molecular weight excluding hydrogens is 306 g/mol. The van der Waals surface area contributed by atoms with Crippen molar-refractivity contribution in [2.24, 2.45) is 0 Å². The second-order valence-electron chi connectivity index (χ2n) is 6.33. The van der Waals surface area contributed by atoms with Crippen molar-refractivity contribution in [1.29, 1.82) is 0 Å². The molecular formula is C19H23NO2S. The molecule has 23 heavy (non-hydrogen) atoms. The molecule has 4 heteroatoms. The Hall–Kier alpha value is -1.81. The van der Waals surface area contributed by atoms with Crippen LogP contribution < -0.4 is 5.32 Å². The highest BCUT2D eigenvalue weighted by atomic mass is 32.1. The molecule has 0 fully saturated rings. The molecule has 0 unspecified atom stereocenters. The molecule has 122 valence electrons. The van der Waals surface area contributed by atoms with Crippen LogP contribution in [0.25, 0.3) is 0 Å². The smallest absolute Gasteiger partial charge is 0.265 e. The number of hydrogen-bond acceptors (Lipinski definition) is 3. The molecule has 1 amide bonds. The van der Waals surface area contributed by atoms with Crippen LogP contribution in [0.4, 0.5) is 5.69 Å². The first-order valence-corrected chi connectivity index (χ1v) is 9.10. The lowest BCUT2D eigenvalue weighted by atomic mass is 10.00. The van der Waals surface area contributed by atoms with Crippen molar-refractivity contribution in [2.75, 3.05) is 5.32 Å². The first-order valence-electron chi connectivity index (χ1n) is 8.28. The monoisotopic (exact) mass is 329 g/mol. The molecule has 0 spiro atoms. The minimum absolute atomic E-state index is 0.0758. The van der Waals surface area contributed by atoms with E-state index in [4.69, 9.17) is 0 Å². The van der Waals surface area contributed by atoms with E-state index in [2.05, 4.69) is 11.4 Å². The molecule has 0 bridgehead atoms. The molecule has 0 saturated heterocycles. The highest BCUT2D eigenvalue weighted by molar-refractivity contribution is 7.14. The van der Waals surface area contributed by atoms with Crippen LogP contribution in [0.3, 0.4) is 0 Å². The summed E-state index contributed by atoms with van der Waals surface area (Å²) < 4.78 is 0. The number of amides is 1. The number of phenols is 1. The number of carbonyl (C=O) groups excluding carboxylic acids is 1. The summed E-state index contributed by atoms with van der Waals surface area (Å²) in [5.41, 5.74) is 3.56.